The molecule has 1 aliphatic rings. The predicted octanol–water partition coefficient (Wildman–Crippen LogP) is 3.71. The molecule has 0 heterocycles. The highest BCUT2D eigenvalue weighted by atomic mass is 16.5. The fourth-order valence-electron chi connectivity index (χ4n) is 2.69. The number of carbonyl (C=O) groups excluding carboxylic acids is 1. The summed E-state index contributed by atoms with van der Waals surface area (Å²) in [5.41, 5.74) is 1.35. The summed E-state index contributed by atoms with van der Waals surface area (Å²) in [4.78, 5) is 11.3. The first-order valence-electron chi connectivity index (χ1n) is 6.43. The van der Waals surface area contributed by atoms with Gasteiger partial charge in [0.25, 0.3) is 0 Å². The van der Waals surface area contributed by atoms with Crippen molar-refractivity contribution in [2.75, 3.05) is 7.11 Å². The number of hydrogen-bond acceptors (Lipinski definition) is 2. The van der Waals surface area contributed by atoms with E-state index in [1.807, 2.05) is 0 Å². The Labute approximate surface area is 99.1 Å². The first kappa shape index (κ1) is 13.3. The highest BCUT2D eigenvalue weighted by Gasteiger charge is 2.31. The van der Waals surface area contributed by atoms with E-state index in [2.05, 4.69) is 13.5 Å². The molecule has 1 aliphatic carbocycles. The van der Waals surface area contributed by atoms with Crippen molar-refractivity contribution in [3.8, 4) is 0 Å². The number of ether oxygens (including phenoxy) is 1. The van der Waals surface area contributed by atoms with E-state index < -0.39 is 0 Å². The Bertz CT molecular complexity index is 245. The summed E-state index contributed by atoms with van der Waals surface area (Å²) in [6.07, 6.45) is 7.79. The summed E-state index contributed by atoms with van der Waals surface area (Å²) in [6.45, 7) is 6.36. The quantitative estimate of drug-likeness (QED) is 0.390. The molecule has 2 heteroatoms. The summed E-state index contributed by atoms with van der Waals surface area (Å²) in [5, 5.41) is 0. The molecule has 0 aromatic heterocycles. The molecule has 0 aromatic rings. The van der Waals surface area contributed by atoms with E-state index in [0.717, 1.165) is 12.8 Å². The van der Waals surface area contributed by atoms with Crippen LogP contribution in [0, 0.1) is 11.8 Å². The smallest absolute Gasteiger partial charge is 0.305 e. The number of methoxy groups -OCH3 is 1. The van der Waals surface area contributed by atoms with E-state index in [1.165, 1.54) is 38.4 Å². The van der Waals surface area contributed by atoms with Gasteiger partial charge >= 0.3 is 5.97 Å². The van der Waals surface area contributed by atoms with Gasteiger partial charge in [-0.05, 0) is 31.1 Å². The lowest BCUT2D eigenvalue weighted by molar-refractivity contribution is -0.142. The monoisotopic (exact) mass is 224 g/mol. The number of rotatable bonds is 6. The molecule has 0 radical (unpaired) electrons. The van der Waals surface area contributed by atoms with Gasteiger partial charge in [0.05, 0.1) is 7.11 Å². The zero-order valence-corrected chi connectivity index (χ0v) is 10.6. The third-order valence-electron chi connectivity index (χ3n) is 3.70. The van der Waals surface area contributed by atoms with Gasteiger partial charge in [-0.15, -0.1) is 0 Å². The van der Waals surface area contributed by atoms with E-state index in [9.17, 15) is 4.79 Å². The predicted molar refractivity (Wildman–Crippen MR) is 66.1 cm³/mol. The van der Waals surface area contributed by atoms with Crippen molar-refractivity contribution in [2.45, 2.75) is 51.9 Å². The van der Waals surface area contributed by atoms with Crippen LogP contribution >= 0.6 is 0 Å². The average Bonchev–Trinajstić information content (AvgIpc) is 2.61. The lowest BCUT2D eigenvalue weighted by atomic mass is 9.87. The fourth-order valence-corrected chi connectivity index (χ4v) is 2.69. The average molecular weight is 224 g/mol. The van der Waals surface area contributed by atoms with Crippen LogP contribution in [-0.4, -0.2) is 13.1 Å². The van der Waals surface area contributed by atoms with Crippen molar-refractivity contribution >= 4 is 5.97 Å². The molecular weight excluding hydrogens is 200 g/mol. The van der Waals surface area contributed by atoms with Crippen molar-refractivity contribution in [3.63, 3.8) is 0 Å². The molecule has 0 saturated heterocycles. The standard InChI is InChI=1S/C14H24O2/c1-4-5-6-7-13-11(2)8-9-12(13)10-14(15)16-3/h12-13H,2,4-10H2,1,3H3. The summed E-state index contributed by atoms with van der Waals surface area (Å²) in [7, 11) is 1.47. The van der Waals surface area contributed by atoms with Crippen LogP contribution < -0.4 is 0 Å². The van der Waals surface area contributed by atoms with Crippen LogP contribution in [0.1, 0.15) is 51.9 Å². The molecule has 1 rings (SSSR count). The highest BCUT2D eigenvalue weighted by Crippen LogP contribution is 2.40. The molecule has 16 heavy (non-hydrogen) atoms. The van der Waals surface area contributed by atoms with E-state index in [0.29, 0.717) is 18.3 Å². The van der Waals surface area contributed by atoms with Crippen molar-refractivity contribution in [2.24, 2.45) is 11.8 Å². The highest BCUT2D eigenvalue weighted by molar-refractivity contribution is 5.69. The summed E-state index contributed by atoms with van der Waals surface area (Å²) >= 11 is 0. The molecule has 1 fully saturated rings. The van der Waals surface area contributed by atoms with Gasteiger partial charge in [0.1, 0.15) is 0 Å². The van der Waals surface area contributed by atoms with Crippen molar-refractivity contribution in [1.82, 2.24) is 0 Å². The van der Waals surface area contributed by atoms with Gasteiger partial charge < -0.3 is 4.74 Å². The second-order valence-electron chi connectivity index (χ2n) is 4.84. The first-order valence-corrected chi connectivity index (χ1v) is 6.43. The van der Waals surface area contributed by atoms with Gasteiger partial charge in [0.2, 0.25) is 0 Å². The van der Waals surface area contributed by atoms with Crippen molar-refractivity contribution in [1.29, 1.82) is 0 Å². The maximum Gasteiger partial charge on any atom is 0.305 e. The maximum absolute atomic E-state index is 11.3. The molecule has 2 atom stereocenters. The van der Waals surface area contributed by atoms with Crippen LogP contribution in [0.5, 0.6) is 0 Å². The van der Waals surface area contributed by atoms with Gasteiger partial charge in [-0.2, -0.15) is 0 Å². The van der Waals surface area contributed by atoms with Crippen LogP contribution in [0.25, 0.3) is 0 Å². The molecule has 2 nitrogen and oxygen atoms in total. The van der Waals surface area contributed by atoms with Crippen LogP contribution in [0.15, 0.2) is 12.2 Å². The number of hydrogen-bond donors (Lipinski definition) is 0. The number of allylic oxidation sites excluding steroid dienone is 1. The Morgan fingerprint density at radius 1 is 1.50 bits per heavy atom. The van der Waals surface area contributed by atoms with Gasteiger partial charge in [0, 0.05) is 6.42 Å². The van der Waals surface area contributed by atoms with E-state index >= 15 is 0 Å². The topological polar surface area (TPSA) is 26.3 Å². The Morgan fingerprint density at radius 3 is 2.88 bits per heavy atom. The summed E-state index contributed by atoms with van der Waals surface area (Å²) in [6, 6.07) is 0. The minimum Gasteiger partial charge on any atom is -0.469 e. The molecule has 92 valence electrons. The Morgan fingerprint density at radius 2 is 2.25 bits per heavy atom. The van der Waals surface area contributed by atoms with Crippen molar-refractivity contribution in [3.05, 3.63) is 12.2 Å². The van der Waals surface area contributed by atoms with Gasteiger partial charge in [-0.1, -0.05) is 38.3 Å². The van der Waals surface area contributed by atoms with Crippen LogP contribution in [-0.2, 0) is 9.53 Å². The molecule has 0 aromatic carbocycles. The van der Waals surface area contributed by atoms with Crippen molar-refractivity contribution < 1.29 is 9.53 Å². The van der Waals surface area contributed by atoms with Gasteiger partial charge in [-0.3, -0.25) is 4.79 Å². The number of unbranched alkanes of at least 4 members (excludes halogenated alkanes) is 2. The normalized spacial score (nSPS) is 24.8. The lowest BCUT2D eigenvalue weighted by Crippen LogP contribution is -2.15. The fraction of sp³-hybridized carbons (Fsp3) is 0.786. The Balaban J connectivity index is 2.42. The van der Waals surface area contributed by atoms with Gasteiger partial charge in [0.15, 0.2) is 0 Å². The number of carbonyl (C=O) groups is 1. The molecule has 0 aliphatic heterocycles. The largest absolute Gasteiger partial charge is 0.469 e. The Hall–Kier alpha value is -0.790. The second kappa shape index (κ2) is 6.72. The number of esters is 1. The minimum absolute atomic E-state index is 0.0693. The van der Waals surface area contributed by atoms with Crippen LogP contribution in [0.2, 0.25) is 0 Å². The third-order valence-corrected chi connectivity index (χ3v) is 3.70. The van der Waals surface area contributed by atoms with E-state index in [1.54, 1.807) is 0 Å². The first-order chi connectivity index (χ1) is 7.69. The molecule has 0 amide bonds. The molecular formula is C14H24O2. The Kier molecular flexibility index (Phi) is 5.58. The molecule has 2 unspecified atom stereocenters. The maximum atomic E-state index is 11.3. The summed E-state index contributed by atoms with van der Waals surface area (Å²) in [5.74, 6) is 0.975. The second-order valence-corrected chi connectivity index (χ2v) is 4.84. The van der Waals surface area contributed by atoms with E-state index in [4.69, 9.17) is 4.74 Å². The minimum atomic E-state index is -0.0693. The lowest BCUT2D eigenvalue weighted by Gasteiger charge is -2.19. The zero-order valence-electron chi connectivity index (χ0n) is 10.6. The summed E-state index contributed by atoms with van der Waals surface area (Å²) < 4.78 is 4.75. The molecule has 0 bridgehead atoms. The van der Waals surface area contributed by atoms with Crippen LogP contribution in [0.4, 0.5) is 0 Å². The molecule has 0 N–H and O–H groups in total. The molecule has 1 saturated carbocycles. The van der Waals surface area contributed by atoms with E-state index in [-0.39, 0.29) is 5.97 Å². The third kappa shape index (κ3) is 3.66. The molecule has 0 spiro atoms. The SMILES string of the molecule is C=C1CCC(CC(=O)OC)C1CCCCC. The van der Waals surface area contributed by atoms with Crippen LogP contribution in [0.3, 0.4) is 0 Å². The van der Waals surface area contributed by atoms with Gasteiger partial charge in [-0.25, -0.2) is 0 Å². The zero-order chi connectivity index (χ0) is 12.0.